The SMILES string of the molecule is C=C(NC(CCCCC)C(=C)C)C(N)CC1=CC(C)C12C=CC=CC2. The zero-order valence-corrected chi connectivity index (χ0v) is 16.4. The van der Waals surface area contributed by atoms with Crippen LogP contribution in [-0.2, 0) is 0 Å². The van der Waals surface area contributed by atoms with Crippen LogP contribution < -0.4 is 11.1 Å². The topological polar surface area (TPSA) is 38.0 Å². The van der Waals surface area contributed by atoms with Gasteiger partial charge >= 0.3 is 0 Å². The molecular formula is C23H36N2. The minimum atomic E-state index is -0.0528. The van der Waals surface area contributed by atoms with E-state index in [2.05, 4.69) is 69.6 Å². The molecule has 2 aliphatic rings. The van der Waals surface area contributed by atoms with Crippen molar-refractivity contribution in [3.63, 3.8) is 0 Å². The summed E-state index contributed by atoms with van der Waals surface area (Å²) < 4.78 is 0. The number of hydrogen-bond donors (Lipinski definition) is 2. The fraction of sp³-hybridized carbons (Fsp3) is 0.565. The van der Waals surface area contributed by atoms with Crippen LogP contribution in [0.1, 0.15) is 59.3 Å². The third-order valence-electron chi connectivity index (χ3n) is 5.90. The van der Waals surface area contributed by atoms with Gasteiger partial charge in [-0.25, -0.2) is 0 Å². The molecule has 0 heterocycles. The monoisotopic (exact) mass is 340 g/mol. The van der Waals surface area contributed by atoms with E-state index in [0.717, 1.165) is 30.5 Å². The van der Waals surface area contributed by atoms with Crippen LogP contribution in [0.2, 0.25) is 0 Å². The summed E-state index contributed by atoms with van der Waals surface area (Å²) >= 11 is 0. The molecule has 2 rings (SSSR count). The van der Waals surface area contributed by atoms with E-state index in [0.29, 0.717) is 5.92 Å². The molecule has 2 nitrogen and oxygen atoms in total. The highest BCUT2D eigenvalue weighted by molar-refractivity contribution is 5.40. The minimum absolute atomic E-state index is 0.0528. The summed E-state index contributed by atoms with van der Waals surface area (Å²) in [6.07, 6.45) is 18.1. The molecule has 0 bridgehead atoms. The molecule has 25 heavy (non-hydrogen) atoms. The molecule has 0 saturated heterocycles. The van der Waals surface area contributed by atoms with Crippen LogP contribution in [0.15, 0.2) is 60.4 Å². The van der Waals surface area contributed by atoms with Gasteiger partial charge in [0.05, 0.1) is 0 Å². The summed E-state index contributed by atoms with van der Waals surface area (Å²) in [4.78, 5) is 0. The Labute approximate surface area is 154 Å². The molecule has 0 aromatic carbocycles. The normalized spacial score (nSPS) is 26.7. The van der Waals surface area contributed by atoms with Gasteiger partial charge in [-0.3, -0.25) is 0 Å². The van der Waals surface area contributed by atoms with Crippen LogP contribution in [0.25, 0.3) is 0 Å². The summed E-state index contributed by atoms with van der Waals surface area (Å²) in [6.45, 7) is 15.0. The number of nitrogens with two attached hydrogens (primary N) is 1. The quantitative estimate of drug-likeness (QED) is 0.412. The molecule has 4 unspecified atom stereocenters. The van der Waals surface area contributed by atoms with Gasteiger partial charge in [0.25, 0.3) is 0 Å². The Balaban J connectivity index is 1.91. The molecule has 138 valence electrons. The summed E-state index contributed by atoms with van der Waals surface area (Å²) in [5, 5.41) is 3.55. The van der Waals surface area contributed by atoms with E-state index in [1.807, 2.05) is 0 Å². The van der Waals surface area contributed by atoms with E-state index in [9.17, 15) is 0 Å². The van der Waals surface area contributed by atoms with Crippen molar-refractivity contribution in [2.75, 3.05) is 0 Å². The molecule has 0 saturated carbocycles. The molecule has 1 spiro atoms. The summed E-state index contributed by atoms with van der Waals surface area (Å²) in [6, 6.07) is 0.230. The highest BCUT2D eigenvalue weighted by Gasteiger charge is 2.43. The summed E-state index contributed by atoms with van der Waals surface area (Å²) in [5.74, 6) is 0.592. The van der Waals surface area contributed by atoms with Gasteiger partial charge in [0.2, 0.25) is 0 Å². The van der Waals surface area contributed by atoms with Gasteiger partial charge in [-0.1, -0.05) is 87.8 Å². The van der Waals surface area contributed by atoms with Crippen molar-refractivity contribution in [2.45, 2.75) is 71.4 Å². The first-order chi connectivity index (χ1) is 11.9. The second-order valence-electron chi connectivity index (χ2n) is 7.89. The number of rotatable bonds is 10. The molecule has 0 aromatic heterocycles. The maximum absolute atomic E-state index is 6.49. The summed E-state index contributed by atoms with van der Waals surface area (Å²) in [5.41, 5.74) is 10.3. The Morgan fingerprint density at radius 1 is 1.36 bits per heavy atom. The van der Waals surface area contributed by atoms with Crippen LogP contribution in [-0.4, -0.2) is 12.1 Å². The second kappa shape index (κ2) is 8.71. The van der Waals surface area contributed by atoms with Gasteiger partial charge in [-0.05, 0) is 32.1 Å². The maximum atomic E-state index is 6.49. The number of nitrogens with one attached hydrogen (secondary N) is 1. The Morgan fingerprint density at radius 3 is 2.68 bits per heavy atom. The highest BCUT2D eigenvalue weighted by atomic mass is 15.0. The Bertz CT molecular complexity index is 581. The molecule has 0 amide bonds. The maximum Gasteiger partial charge on any atom is 0.0476 e. The smallest absolute Gasteiger partial charge is 0.0476 e. The third kappa shape index (κ3) is 4.55. The number of unbranched alkanes of at least 4 members (excludes halogenated alkanes) is 2. The van der Waals surface area contributed by atoms with E-state index >= 15 is 0 Å². The lowest BCUT2D eigenvalue weighted by atomic mass is 9.57. The Morgan fingerprint density at radius 2 is 2.12 bits per heavy atom. The Hall–Kier alpha value is -1.54. The largest absolute Gasteiger partial charge is 0.381 e. The average molecular weight is 341 g/mol. The van der Waals surface area contributed by atoms with Gasteiger partial charge in [0.1, 0.15) is 0 Å². The number of hydrogen-bond acceptors (Lipinski definition) is 2. The molecule has 0 radical (unpaired) electrons. The van der Waals surface area contributed by atoms with Gasteiger partial charge in [-0.2, -0.15) is 0 Å². The van der Waals surface area contributed by atoms with Crippen molar-refractivity contribution in [1.29, 1.82) is 0 Å². The first-order valence-corrected chi connectivity index (χ1v) is 9.82. The predicted octanol–water partition coefficient (Wildman–Crippen LogP) is 5.41. The zero-order valence-electron chi connectivity index (χ0n) is 16.4. The highest BCUT2D eigenvalue weighted by Crippen LogP contribution is 2.53. The predicted molar refractivity (Wildman–Crippen MR) is 110 cm³/mol. The van der Waals surface area contributed by atoms with Crippen LogP contribution in [0.4, 0.5) is 0 Å². The van der Waals surface area contributed by atoms with Crippen molar-refractivity contribution >= 4 is 0 Å². The van der Waals surface area contributed by atoms with Crippen LogP contribution in [0.3, 0.4) is 0 Å². The van der Waals surface area contributed by atoms with Crippen LogP contribution in [0, 0.1) is 11.3 Å². The minimum Gasteiger partial charge on any atom is -0.381 e. The fourth-order valence-corrected chi connectivity index (χ4v) is 4.00. The van der Waals surface area contributed by atoms with Crippen LogP contribution in [0.5, 0.6) is 0 Å². The Kier molecular flexibility index (Phi) is 6.89. The lowest BCUT2D eigenvalue weighted by Crippen LogP contribution is -2.42. The molecule has 3 N–H and O–H groups in total. The number of allylic oxidation sites excluding steroid dienone is 5. The molecule has 0 aromatic rings. The molecule has 4 atom stereocenters. The first kappa shape index (κ1) is 19.8. The van der Waals surface area contributed by atoms with Crippen molar-refractivity contribution in [1.82, 2.24) is 5.32 Å². The molecule has 2 aliphatic carbocycles. The lowest BCUT2D eigenvalue weighted by molar-refractivity contribution is 0.288. The van der Waals surface area contributed by atoms with E-state index in [1.54, 1.807) is 0 Å². The summed E-state index contributed by atoms with van der Waals surface area (Å²) in [7, 11) is 0. The van der Waals surface area contributed by atoms with Gasteiger partial charge in [0.15, 0.2) is 0 Å². The van der Waals surface area contributed by atoms with Crippen molar-refractivity contribution in [3.05, 3.63) is 60.4 Å². The van der Waals surface area contributed by atoms with Gasteiger partial charge in [-0.15, -0.1) is 0 Å². The molecule has 0 fully saturated rings. The standard InChI is InChI=1S/C23H36N2/c1-6-7-9-12-22(17(2)3)25-19(5)21(24)16-20-15-18(4)23(20)13-10-8-11-14-23/h8,10-11,13,15,18,21-22,25H,2,5-7,9,12,14,16,24H2,1,3-4H3. The second-order valence-corrected chi connectivity index (χ2v) is 7.89. The lowest BCUT2D eigenvalue weighted by Gasteiger charge is -2.47. The van der Waals surface area contributed by atoms with E-state index in [-0.39, 0.29) is 17.5 Å². The van der Waals surface area contributed by atoms with Gasteiger partial charge < -0.3 is 11.1 Å². The van der Waals surface area contributed by atoms with E-state index < -0.39 is 0 Å². The molecule has 0 aliphatic heterocycles. The molecule has 2 heteroatoms. The first-order valence-electron chi connectivity index (χ1n) is 9.82. The average Bonchev–Trinajstić information content (AvgIpc) is 2.61. The third-order valence-corrected chi connectivity index (χ3v) is 5.90. The molecular weight excluding hydrogens is 304 g/mol. The van der Waals surface area contributed by atoms with Crippen molar-refractivity contribution < 1.29 is 0 Å². The zero-order chi connectivity index (χ0) is 18.4. The van der Waals surface area contributed by atoms with Crippen molar-refractivity contribution in [3.8, 4) is 0 Å². The van der Waals surface area contributed by atoms with Crippen LogP contribution >= 0.6 is 0 Å². The van der Waals surface area contributed by atoms with Crippen molar-refractivity contribution in [2.24, 2.45) is 17.1 Å². The van der Waals surface area contributed by atoms with E-state index in [4.69, 9.17) is 5.73 Å². The van der Waals surface area contributed by atoms with E-state index in [1.165, 1.54) is 24.8 Å². The fourth-order valence-electron chi connectivity index (χ4n) is 4.00. The van der Waals surface area contributed by atoms with Gasteiger partial charge in [0, 0.05) is 23.2 Å².